The Balaban J connectivity index is 1.95. The summed E-state index contributed by atoms with van der Waals surface area (Å²) >= 11 is 0. The highest BCUT2D eigenvalue weighted by atomic mass is 19.4. The fourth-order valence-corrected chi connectivity index (χ4v) is 2.50. The molecule has 128 valence electrons. The molecule has 2 amide bonds. The van der Waals surface area contributed by atoms with Crippen LogP contribution in [-0.4, -0.2) is 28.2 Å². The normalized spacial score (nSPS) is 20.7. The number of rotatable bonds is 4. The summed E-state index contributed by atoms with van der Waals surface area (Å²) in [5.41, 5.74) is 5.70. The number of aryl methyl sites for hydroxylation is 1. The summed E-state index contributed by atoms with van der Waals surface area (Å²) in [6.45, 7) is 5.11. The summed E-state index contributed by atoms with van der Waals surface area (Å²) in [4.78, 5) is 19.6. The Morgan fingerprint density at radius 3 is 2.61 bits per heavy atom. The van der Waals surface area contributed by atoms with Crippen LogP contribution >= 0.6 is 0 Å². The number of alkyl halides is 3. The van der Waals surface area contributed by atoms with Gasteiger partial charge in [0, 0.05) is 18.3 Å². The van der Waals surface area contributed by atoms with Gasteiger partial charge in [0.1, 0.15) is 17.7 Å². The lowest BCUT2D eigenvalue weighted by atomic mass is 10.0. The second-order valence-electron chi connectivity index (χ2n) is 6.47. The monoisotopic (exact) mass is 331 g/mol. The Kier molecular flexibility index (Phi) is 4.41. The molecule has 6 nitrogen and oxygen atoms in total. The van der Waals surface area contributed by atoms with Crippen LogP contribution in [0.5, 0.6) is 0 Å². The van der Waals surface area contributed by atoms with E-state index in [9.17, 15) is 18.0 Å². The van der Waals surface area contributed by atoms with E-state index in [4.69, 9.17) is 5.73 Å². The Morgan fingerprint density at radius 2 is 2.13 bits per heavy atom. The quantitative estimate of drug-likeness (QED) is 0.788. The summed E-state index contributed by atoms with van der Waals surface area (Å²) in [6.07, 6.45) is -2.62. The first kappa shape index (κ1) is 17.3. The van der Waals surface area contributed by atoms with Crippen molar-refractivity contribution in [3.8, 4) is 0 Å². The van der Waals surface area contributed by atoms with Crippen LogP contribution in [0.1, 0.15) is 31.7 Å². The third-order valence-electron chi connectivity index (χ3n) is 4.09. The number of nitrogens with one attached hydrogen (secondary N) is 2. The number of amides is 2. The molecule has 1 aromatic rings. The van der Waals surface area contributed by atoms with Gasteiger partial charge in [-0.2, -0.15) is 13.2 Å². The van der Waals surface area contributed by atoms with Crippen molar-refractivity contribution >= 4 is 11.8 Å². The minimum absolute atomic E-state index is 0.0451. The van der Waals surface area contributed by atoms with Gasteiger partial charge in [0.05, 0.1) is 0 Å². The number of carbonyl (C=O) groups is 1. The molecule has 0 aliphatic heterocycles. The minimum Gasteiger partial charge on any atom is -0.383 e. The second-order valence-corrected chi connectivity index (χ2v) is 6.47. The highest BCUT2D eigenvalue weighted by Gasteiger charge is 2.59. The van der Waals surface area contributed by atoms with Crippen molar-refractivity contribution in [3.05, 3.63) is 17.6 Å². The molecule has 0 bridgehead atoms. The molecular formula is C14H20F3N5O. The molecular weight excluding hydrogens is 311 g/mol. The SMILES string of the molecule is Cc1ncc(CNC(=O)NC(C2CC2(C)C)C(F)(F)F)c(N)n1. The smallest absolute Gasteiger partial charge is 0.383 e. The maximum Gasteiger partial charge on any atom is 0.408 e. The van der Waals surface area contributed by atoms with Gasteiger partial charge in [-0.25, -0.2) is 14.8 Å². The highest BCUT2D eigenvalue weighted by Crippen LogP contribution is 2.56. The van der Waals surface area contributed by atoms with E-state index in [-0.39, 0.29) is 12.4 Å². The molecule has 0 radical (unpaired) electrons. The van der Waals surface area contributed by atoms with Crippen LogP contribution in [-0.2, 0) is 6.54 Å². The van der Waals surface area contributed by atoms with Crippen molar-refractivity contribution in [2.45, 2.75) is 46.0 Å². The Hall–Kier alpha value is -2.06. The van der Waals surface area contributed by atoms with Crippen molar-refractivity contribution in [1.82, 2.24) is 20.6 Å². The van der Waals surface area contributed by atoms with E-state index in [1.807, 2.05) is 5.32 Å². The number of urea groups is 1. The second kappa shape index (κ2) is 5.86. The number of carbonyl (C=O) groups excluding carboxylic acids is 1. The molecule has 1 aromatic heterocycles. The largest absolute Gasteiger partial charge is 0.408 e. The van der Waals surface area contributed by atoms with Crippen molar-refractivity contribution in [2.24, 2.45) is 11.3 Å². The summed E-state index contributed by atoms with van der Waals surface area (Å²) in [6, 6.07) is -2.75. The minimum atomic E-state index is -4.48. The molecule has 23 heavy (non-hydrogen) atoms. The van der Waals surface area contributed by atoms with Gasteiger partial charge in [0.15, 0.2) is 0 Å². The first-order valence-electron chi connectivity index (χ1n) is 7.20. The molecule has 2 atom stereocenters. The molecule has 4 N–H and O–H groups in total. The van der Waals surface area contributed by atoms with E-state index in [1.165, 1.54) is 6.20 Å². The molecule has 1 fully saturated rings. The zero-order valence-electron chi connectivity index (χ0n) is 13.2. The number of halogens is 3. The molecule has 2 unspecified atom stereocenters. The van der Waals surface area contributed by atoms with Gasteiger partial charge in [-0.3, -0.25) is 0 Å². The van der Waals surface area contributed by atoms with Crippen LogP contribution in [0.25, 0.3) is 0 Å². The van der Waals surface area contributed by atoms with Gasteiger partial charge >= 0.3 is 12.2 Å². The van der Waals surface area contributed by atoms with E-state index in [1.54, 1.807) is 20.8 Å². The summed E-state index contributed by atoms with van der Waals surface area (Å²) in [5, 5.41) is 4.38. The molecule has 1 aliphatic carbocycles. The van der Waals surface area contributed by atoms with Crippen LogP contribution in [0, 0.1) is 18.3 Å². The van der Waals surface area contributed by atoms with E-state index in [2.05, 4.69) is 15.3 Å². The molecule has 0 saturated heterocycles. The lowest BCUT2D eigenvalue weighted by Gasteiger charge is -2.23. The molecule has 9 heteroatoms. The molecule has 0 spiro atoms. The van der Waals surface area contributed by atoms with Gasteiger partial charge in [-0.1, -0.05) is 13.8 Å². The predicted molar refractivity (Wildman–Crippen MR) is 78.3 cm³/mol. The van der Waals surface area contributed by atoms with E-state index < -0.39 is 29.6 Å². The third kappa shape index (κ3) is 4.23. The number of hydrogen-bond acceptors (Lipinski definition) is 4. The fourth-order valence-electron chi connectivity index (χ4n) is 2.50. The average molecular weight is 331 g/mol. The maximum absolute atomic E-state index is 13.1. The van der Waals surface area contributed by atoms with Crippen molar-refractivity contribution in [3.63, 3.8) is 0 Å². The van der Waals surface area contributed by atoms with Crippen LogP contribution < -0.4 is 16.4 Å². The predicted octanol–water partition coefficient (Wildman–Crippen LogP) is 2.14. The maximum atomic E-state index is 13.1. The van der Waals surface area contributed by atoms with E-state index in [0.717, 1.165) is 0 Å². The summed E-state index contributed by atoms with van der Waals surface area (Å²) in [7, 11) is 0. The van der Waals surface area contributed by atoms with Gasteiger partial charge in [0.25, 0.3) is 0 Å². The zero-order valence-corrected chi connectivity index (χ0v) is 13.2. The van der Waals surface area contributed by atoms with Gasteiger partial charge in [0.2, 0.25) is 0 Å². The molecule has 2 rings (SSSR count). The first-order chi connectivity index (χ1) is 10.5. The number of nitrogen functional groups attached to an aromatic ring is 1. The number of nitrogens with zero attached hydrogens (tertiary/aromatic N) is 2. The van der Waals surface area contributed by atoms with E-state index in [0.29, 0.717) is 17.8 Å². The fraction of sp³-hybridized carbons (Fsp3) is 0.643. The van der Waals surface area contributed by atoms with Crippen LogP contribution in [0.15, 0.2) is 6.20 Å². The molecule has 1 aliphatic rings. The lowest BCUT2D eigenvalue weighted by Crippen LogP contribution is -2.51. The average Bonchev–Trinajstić information content (AvgIpc) is 3.02. The lowest BCUT2D eigenvalue weighted by molar-refractivity contribution is -0.159. The summed E-state index contributed by atoms with van der Waals surface area (Å²) < 4.78 is 39.3. The van der Waals surface area contributed by atoms with Gasteiger partial charge in [-0.05, 0) is 24.7 Å². The van der Waals surface area contributed by atoms with E-state index >= 15 is 0 Å². The Labute approximate surface area is 132 Å². The zero-order chi connectivity index (χ0) is 17.4. The highest BCUT2D eigenvalue weighted by molar-refractivity contribution is 5.74. The number of nitrogens with two attached hydrogens (primary N) is 1. The standard InChI is InChI=1S/C14H20F3N5O/c1-7-19-5-8(11(18)21-7)6-20-12(23)22-10(14(15,16)17)9-4-13(9,2)3/h5,9-10H,4,6H2,1-3H3,(H2,18,19,21)(H2,20,22,23). The number of aromatic nitrogens is 2. The Bertz CT molecular complexity index is 603. The van der Waals surface area contributed by atoms with Gasteiger partial charge in [-0.15, -0.1) is 0 Å². The third-order valence-corrected chi connectivity index (χ3v) is 4.09. The first-order valence-corrected chi connectivity index (χ1v) is 7.20. The van der Waals surface area contributed by atoms with Gasteiger partial charge < -0.3 is 16.4 Å². The molecule has 1 saturated carbocycles. The van der Waals surface area contributed by atoms with Crippen LogP contribution in [0.2, 0.25) is 0 Å². The van der Waals surface area contributed by atoms with Crippen molar-refractivity contribution < 1.29 is 18.0 Å². The number of anilines is 1. The van der Waals surface area contributed by atoms with Crippen LogP contribution in [0.3, 0.4) is 0 Å². The Morgan fingerprint density at radius 1 is 1.52 bits per heavy atom. The van der Waals surface area contributed by atoms with Crippen LogP contribution in [0.4, 0.5) is 23.8 Å². The van der Waals surface area contributed by atoms with Crippen molar-refractivity contribution in [1.29, 1.82) is 0 Å². The topological polar surface area (TPSA) is 92.9 Å². The summed E-state index contributed by atoms with van der Waals surface area (Å²) in [5.74, 6) is 0.0540. The number of hydrogen-bond donors (Lipinski definition) is 3. The van der Waals surface area contributed by atoms with Crippen molar-refractivity contribution in [2.75, 3.05) is 5.73 Å². The molecule has 1 heterocycles. The molecule has 0 aromatic carbocycles.